The topological polar surface area (TPSA) is 84.7 Å². The monoisotopic (exact) mass is 309 g/mol. The van der Waals surface area contributed by atoms with E-state index in [1.807, 2.05) is 20.8 Å². The molecular formula is C15H23N3O4. The number of carbonyl (C=O) groups is 2. The molecule has 7 heteroatoms. The third kappa shape index (κ3) is 3.47. The van der Waals surface area contributed by atoms with Crippen LogP contribution in [-0.4, -0.2) is 57.5 Å². The Bertz CT molecular complexity index is 561. The molecule has 1 aliphatic heterocycles. The van der Waals surface area contributed by atoms with Gasteiger partial charge in [0, 0.05) is 25.9 Å². The van der Waals surface area contributed by atoms with E-state index >= 15 is 0 Å². The number of carbonyl (C=O) groups excluding carboxylic acids is 1. The summed E-state index contributed by atoms with van der Waals surface area (Å²) in [5.74, 6) is -1.11. The van der Waals surface area contributed by atoms with Gasteiger partial charge in [0.1, 0.15) is 0 Å². The number of rotatable bonds is 4. The van der Waals surface area contributed by atoms with E-state index in [0.29, 0.717) is 18.5 Å². The number of amides is 1. The number of hydrogen-bond donors (Lipinski definition) is 1. The van der Waals surface area contributed by atoms with Gasteiger partial charge in [-0.2, -0.15) is 5.10 Å². The fourth-order valence-corrected chi connectivity index (χ4v) is 2.65. The predicted octanol–water partition coefficient (Wildman–Crippen LogP) is 1.34. The van der Waals surface area contributed by atoms with E-state index < -0.39 is 5.97 Å². The van der Waals surface area contributed by atoms with Gasteiger partial charge < -0.3 is 14.7 Å². The highest BCUT2D eigenvalue weighted by atomic mass is 16.5. The molecule has 1 aromatic rings. The van der Waals surface area contributed by atoms with Crippen LogP contribution in [0.1, 0.15) is 44.0 Å². The van der Waals surface area contributed by atoms with Gasteiger partial charge in [0.05, 0.1) is 29.8 Å². The van der Waals surface area contributed by atoms with E-state index in [4.69, 9.17) is 9.84 Å². The first-order chi connectivity index (χ1) is 10.2. The molecule has 1 saturated heterocycles. The minimum absolute atomic E-state index is 0.0704. The van der Waals surface area contributed by atoms with E-state index in [1.165, 1.54) is 6.20 Å². The fourth-order valence-electron chi connectivity index (χ4n) is 2.65. The Balaban J connectivity index is 2.19. The summed E-state index contributed by atoms with van der Waals surface area (Å²) in [7, 11) is 1.58. The fraction of sp³-hybridized carbons (Fsp3) is 0.667. The highest BCUT2D eigenvalue weighted by molar-refractivity contribution is 5.94. The molecule has 2 heterocycles. The first-order valence-corrected chi connectivity index (χ1v) is 7.33. The van der Waals surface area contributed by atoms with Gasteiger partial charge in [0.25, 0.3) is 5.91 Å². The second kappa shape index (κ2) is 6.08. The lowest BCUT2D eigenvalue weighted by Crippen LogP contribution is -2.37. The standard InChI is InChI=1S/C15H23N3O4/c1-15(2,3)18-8-10(7-16-18)14(21)17-9-12(22-4)5-11(17)6-13(19)20/h7-8,11-12H,5-6,9H2,1-4H3,(H,19,20)/t11-,12-/m0/s1. The summed E-state index contributed by atoms with van der Waals surface area (Å²) in [6.07, 6.45) is 3.60. The van der Waals surface area contributed by atoms with Crippen molar-refractivity contribution in [2.75, 3.05) is 13.7 Å². The van der Waals surface area contributed by atoms with Gasteiger partial charge in [-0.25, -0.2) is 0 Å². The van der Waals surface area contributed by atoms with Gasteiger partial charge in [0.2, 0.25) is 0 Å². The molecule has 0 radical (unpaired) electrons. The van der Waals surface area contributed by atoms with Crippen LogP contribution < -0.4 is 0 Å². The highest BCUT2D eigenvalue weighted by Gasteiger charge is 2.37. The van der Waals surface area contributed by atoms with Crippen LogP contribution >= 0.6 is 0 Å². The maximum atomic E-state index is 12.7. The van der Waals surface area contributed by atoms with Crippen LogP contribution in [0.25, 0.3) is 0 Å². The molecular weight excluding hydrogens is 286 g/mol. The zero-order valence-corrected chi connectivity index (χ0v) is 13.4. The van der Waals surface area contributed by atoms with Crippen molar-refractivity contribution in [1.29, 1.82) is 0 Å². The van der Waals surface area contributed by atoms with Crippen molar-refractivity contribution < 1.29 is 19.4 Å². The normalized spacial score (nSPS) is 22.1. The van der Waals surface area contributed by atoms with Crippen molar-refractivity contribution in [3.8, 4) is 0 Å². The van der Waals surface area contributed by atoms with Crippen LogP contribution in [0.4, 0.5) is 0 Å². The van der Waals surface area contributed by atoms with Gasteiger partial charge in [-0.1, -0.05) is 0 Å². The van der Waals surface area contributed by atoms with Crippen molar-refractivity contribution >= 4 is 11.9 Å². The molecule has 2 rings (SSSR count). The summed E-state index contributed by atoms with van der Waals surface area (Å²) in [5.41, 5.74) is 0.265. The van der Waals surface area contributed by atoms with Gasteiger partial charge in [-0.3, -0.25) is 14.3 Å². The van der Waals surface area contributed by atoms with Crippen LogP contribution in [0.15, 0.2) is 12.4 Å². The number of likely N-dealkylation sites (tertiary alicyclic amines) is 1. The maximum absolute atomic E-state index is 12.7. The summed E-state index contributed by atoms with van der Waals surface area (Å²) in [4.78, 5) is 25.2. The third-order valence-electron chi connectivity index (χ3n) is 3.90. The summed E-state index contributed by atoms with van der Waals surface area (Å²) in [6.45, 7) is 6.41. The van der Waals surface area contributed by atoms with Gasteiger partial charge >= 0.3 is 5.97 Å². The Morgan fingerprint density at radius 1 is 1.45 bits per heavy atom. The molecule has 0 aliphatic carbocycles. The highest BCUT2D eigenvalue weighted by Crippen LogP contribution is 2.25. The molecule has 1 aliphatic rings. The number of hydrogen-bond acceptors (Lipinski definition) is 4. The van der Waals surface area contributed by atoms with Gasteiger partial charge in [-0.05, 0) is 27.2 Å². The van der Waals surface area contributed by atoms with E-state index in [9.17, 15) is 9.59 Å². The quantitative estimate of drug-likeness (QED) is 0.907. The first kappa shape index (κ1) is 16.5. The molecule has 1 N–H and O–H groups in total. The smallest absolute Gasteiger partial charge is 0.305 e. The number of nitrogens with zero attached hydrogens (tertiary/aromatic N) is 3. The summed E-state index contributed by atoms with van der Waals surface area (Å²) >= 11 is 0. The maximum Gasteiger partial charge on any atom is 0.305 e. The average Bonchev–Trinajstić information content (AvgIpc) is 3.02. The Hall–Kier alpha value is -1.89. The molecule has 1 amide bonds. The van der Waals surface area contributed by atoms with E-state index in [2.05, 4.69) is 5.10 Å². The molecule has 1 aromatic heterocycles. The Labute approximate surface area is 129 Å². The van der Waals surface area contributed by atoms with Crippen LogP contribution in [0, 0.1) is 0 Å². The molecule has 0 bridgehead atoms. The Morgan fingerprint density at radius 3 is 2.64 bits per heavy atom. The minimum Gasteiger partial charge on any atom is -0.481 e. The number of carboxylic acid groups (broad SMARTS) is 1. The average molecular weight is 309 g/mol. The van der Waals surface area contributed by atoms with Crippen molar-refractivity contribution in [3.63, 3.8) is 0 Å². The van der Waals surface area contributed by atoms with Crippen molar-refractivity contribution in [3.05, 3.63) is 18.0 Å². The number of carboxylic acids is 1. The molecule has 0 aromatic carbocycles. The van der Waals surface area contributed by atoms with E-state index in [0.717, 1.165) is 0 Å². The third-order valence-corrected chi connectivity index (χ3v) is 3.90. The number of ether oxygens (including phenoxy) is 1. The van der Waals surface area contributed by atoms with Crippen LogP contribution in [0.5, 0.6) is 0 Å². The molecule has 2 atom stereocenters. The van der Waals surface area contributed by atoms with Crippen LogP contribution in [0.3, 0.4) is 0 Å². The zero-order valence-electron chi connectivity index (χ0n) is 13.4. The SMILES string of the molecule is CO[C@H]1C[C@@H](CC(=O)O)N(C(=O)c2cnn(C(C)(C)C)c2)C1. The minimum atomic E-state index is -0.912. The molecule has 0 spiro atoms. The second-order valence-electron chi connectivity index (χ2n) is 6.65. The largest absolute Gasteiger partial charge is 0.481 e. The number of aliphatic carboxylic acids is 1. The number of aromatic nitrogens is 2. The first-order valence-electron chi connectivity index (χ1n) is 7.33. The van der Waals surface area contributed by atoms with Crippen LogP contribution in [0.2, 0.25) is 0 Å². The Morgan fingerprint density at radius 2 is 2.14 bits per heavy atom. The lowest BCUT2D eigenvalue weighted by atomic mass is 10.1. The summed E-state index contributed by atoms with van der Waals surface area (Å²) in [6, 6.07) is -0.340. The second-order valence-corrected chi connectivity index (χ2v) is 6.65. The Kier molecular flexibility index (Phi) is 4.55. The van der Waals surface area contributed by atoms with Gasteiger partial charge in [-0.15, -0.1) is 0 Å². The molecule has 22 heavy (non-hydrogen) atoms. The summed E-state index contributed by atoms with van der Waals surface area (Å²) < 4.78 is 7.02. The zero-order chi connectivity index (χ0) is 16.5. The molecule has 122 valence electrons. The molecule has 7 nitrogen and oxygen atoms in total. The number of methoxy groups -OCH3 is 1. The lowest BCUT2D eigenvalue weighted by molar-refractivity contribution is -0.137. The van der Waals surface area contributed by atoms with Crippen molar-refractivity contribution in [1.82, 2.24) is 14.7 Å². The molecule has 0 saturated carbocycles. The predicted molar refractivity (Wildman–Crippen MR) is 79.7 cm³/mol. The van der Waals surface area contributed by atoms with Gasteiger partial charge in [0.15, 0.2) is 0 Å². The molecule has 0 unspecified atom stereocenters. The van der Waals surface area contributed by atoms with Crippen LogP contribution in [-0.2, 0) is 15.1 Å². The van der Waals surface area contributed by atoms with E-state index in [-0.39, 0.29) is 30.0 Å². The van der Waals surface area contributed by atoms with Crippen molar-refractivity contribution in [2.45, 2.75) is 51.3 Å². The van der Waals surface area contributed by atoms with E-state index in [1.54, 1.807) is 22.9 Å². The van der Waals surface area contributed by atoms with Crippen molar-refractivity contribution in [2.24, 2.45) is 0 Å². The molecule has 1 fully saturated rings. The summed E-state index contributed by atoms with van der Waals surface area (Å²) in [5, 5.41) is 13.2. The lowest BCUT2D eigenvalue weighted by Gasteiger charge is -2.23.